The van der Waals surface area contributed by atoms with Gasteiger partial charge in [-0.1, -0.05) is 18.2 Å². The largest absolute Gasteiger partial charge is 0.369 e. The van der Waals surface area contributed by atoms with Gasteiger partial charge in [0.2, 0.25) is 0 Å². The first-order valence-corrected chi connectivity index (χ1v) is 13.8. The summed E-state index contributed by atoms with van der Waals surface area (Å²) in [6.45, 7) is 5.43. The third kappa shape index (κ3) is 5.86. The van der Waals surface area contributed by atoms with Gasteiger partial charge in [0.25, 0.3) is 5.91 Å². The van der Waals surface area contributed by atoms with E-state index in [9.17, 15) is 10.1 Å². The highest BCUT2D eigenvalue weighted by Crippen LogP contribution is 2.33. The summed E-state index contributed by atoms with van der Waals surface area (Å²) in [5.41, 5.74) is 7.12. The van der Waals surface area contributed by atoms with E-state index in [0.29, 0.717) is 17.7 Å². The average molecular weight is 536 g/mol. The number of H-pyrrole nitrogens is 1. The van der Waals surface area contributed by atoms with Crippen molar-refractivity contribution < 1.29 is 4.79 Å². The molecule has 206 valence electrons. The van der Waals surface area contributed by atoms with Gasteiger partial charge in [0, 0.05) is 74.2 Å². The SMILES string of the molecule is CN(C)CCN(C)C(=O)c1ccc(-c2c[nH]c3ncc(-c4ccc(N5CCCN(C)CC5)c(C#N)c4)cc23)cc1. The maximum atomic E-state index is 12.8. The number of carbonyl (C=O) groups is 1. The van der Waals surface area contributed by atoms with Crippen LogP contribution in [0.5, 0.6) is 0 Å². The maximum absolute atomic E-state index is 12.8. The van der Waals surface area contributed by atoms with Crippen LogP contribution in [-0.4, -0.2) is 98.0 Å². The van der Waals surface area contributed by atoms with E-state index in [4.69, 9.17) is 0 Å². The molecule has 0 radical (unpaired) electrons. The number of rotatable bonds is 7. The van der Waals surface area contributed by atoms with Crippen molar-refractivity contribution >= 4 is 22.6 Å². The number of aromatic nitrogens is 2. The highest BCUT2D eigenvalue weighted by Gasteiger charge is 2.17. The van der Waals surface area contributed by atoms with Gasteiger partial charge in [-0.3, -0.25) is 4.79 Å². The molecule has 1 amide bonds. The van der Waals surface area contributed by atoms with E-state index in [1.54, 1.807) is 4.90 Å². The van der Waals surface area contributed by atoms with Crippen LogP contribution in [0, 0.1) is 11.3 Å². The minimum absolute atomic E-state index is 0.0141. The lowest BCUT2D eigenvalue weighted by Gasteiger charge is -2.24. The van der Waals surface area contributed by atoms with Gasteiger partial charge >= 0.3 is 0 Å². The third-order valence-corrected chi connectivity index (χ3v) is 7.71. The van der Waals surface area contributed by atoms with Crippen molar-refractivity contribution in [3.05, 3.63) is 72.1 Å². The summed E-state index contributed by atoms with van der Waals surface area (Å²) in [5, 5.41) is 11.0. The number of fused-ring (bicyclic) bond motifs is 1. The molecule has 3 heterocycles. The topological polar surface area (TPSA) is 82.5 Å². The molecule has 5 rings (SSSR count). The molecule has 1 fully saturated rings. The highest BCUT2D eigenvalue weighted by atomic mass is 16.2. The van der Waals surface area contributed by atoms with Crippen LogP contribution >= 0.6 is 0 Å². The molecule has 0 bridgehead atoms. The molecule has 0 spiro atoms. The molecule has 0 aliphatic carbocycles. The number of nitriles is 1. The third-order valence-electron chi connectivity index (χ3n) is 7.71. The number of carbonyl (C=O) groups excluding carboxylic acids is 1. The van der Waals surface area contributed by atoms with Crippen molar-refractivity contribution in [1.82, 2.24) is 24.7 Å². The summed E-state index contributed by atoms with van der Waals surface area (Å²) < 4.78 is 0. The number of anilines is 1. The van der Waals surface area contributed by atoms with Crippen molar-refractivity contribution in [3.63, 3.8) is 0 Å². The Labute approximate surface area is 236 Å². The van der Waals surface area contributed by atoms with Gasteiger partial charge in [-0.05, 0) is 75.6 Å². The monoisotopic (exact) mass is 535 g/mol. The summed E-state index contributed by atoms with van der Waals surface area (Å²) in [5.74, 6) is 0.0141. The van der Waals surface area contributed by atoms with Crippen LogP contribution < -0.4 is 4.90 Å². The summed E-state index contributed by atoms with van der Waals surface area (Å²) in [4.78, 5) is 29.3. The maximum Gasteiger partial charge on any atom is 0.253 e. The molecule has 0 saturated carbocycles. The van der Waals surface area contributed by atoms with Gasteiger partial charge in [-0.15, -0.1) is 0 Å². The van der Waals surface area contributed by atoms with Crippen molar-refractivity contribution in [2.75, 3.05) is 72.4 Å². The van der Waals surface area contributed by atoms with Gasteiger partial charge in [0.15, 0.2) is 0 Å². The fourth-order valence-electron chi connectivity index (χ4n) is 5.23. The zero-order chi connectivity index (χ0) is 28.2. The first-order chi connectivity index (χ1) is 19.3. The number of likely N-dealkylation sites (N-methyl/N-ethyl adjacent to an activating group) is 3. The number of nitrogens with one attached hydrogen (secondary N) is 1. The Morgan fingerprint density at radius 1 is 0.975 bits per heavy atom. The molecule has 1 aliphatic heterocycles. The van der Waals surface area contributed by atoms with Crippen LogP contribution in [0.25, 0.3) is 33.3 Å². The Hall–Kier alpha value is -4.19. The van der Waals surface area contributed by atoms with Gasteiger partial charge in [-0.2, -0.15) is 5.26 Å². The molecular formula is C32H37N7O. The molecule has 1 aliphatic rings. The molecule has 8 heteroatoms. The number of benzene rings is 2. The molecular weight excluding hydrogens is 498 g/mol. The minimum atomic E-state index is 0.0141. The van der Waals surface area contributed by atoms with Crippen LogP contribution in [0.4, 0.5) is 5.69 Å². The lowest BCUT2D eigenvalue weighted by Crippen LogP contribution is -2.33. The molecule has 1 N–H and O–H groups in total. The standard InChI is InChI=1S/C32H37N7O/c1-36(2)14-16-38(4)32(40)24-8-6-23(7-9-24)29-22-35-31-28(29)19-27(21-34-31)25-10-11-30(26(18-25)20-33)39-13-5-12-37(3)15-17-39/h6-11,18-19,21-22H,5,12-17H2,1-4H3,(H,34,35). The minimum Gasteiger partial charge on any atom is -0.369 e. The molecule has 8 nitrogen and oxygen atoms in total. The Morgan fingerprint density at radius 2 is 1.75 bits per heavy atom. The Balaban J connectivity index is 1.40. The Morgan fingerprint density at radius 3 is 2.50 bits per heavy atom. The second-order valence-corrected chi connectivity index (χ2v) is 10.9. The van der Waals surface area contributed by atoms with E-state index < -0.39 is 0 Å². The van der Waals surface area contributed by atoms with Crippen molar-refractivity contribution in [2.24, 2.45) is 0 Å². The summed E-state index contributed by atoms with van der Waals surface area (Å²) in [7, 11) is 7.99. The van der Waals surface area contributed by atoms with Crippen LogP contribution in [0.3, 0.4) is 0 Å². The van der Waals surface area contributed by atoms with E-state index in [1.807, 2.05) is 63.9 Å². The first kappa shape index (κ1) is 27.4. The molecule has 2 aromatic carbocycles. The van der Waals surface area contributed by atoms with Gasteiger partial charge in [0.1, 0.15) is 11.7 Å². The van der Waals surface area contributed by atoms with Gasteiger partial charge in [-0.25, -0.2) is 4.98 Å². The quantitative estimate of drug-likeness (QED) is 0.374. The van der Waals surface area contributed by atoms with Gasteiger partial charge in [0.05, 0.1) is 11.3 Å². The van der Waals surface area contributed by atoms with E-state index in [2.05, 4.69) is 56.0 Å². The van der Waals surface area contributed by atoms with Crippen LogP contribution in [-0.2, 0) is 0 Å². The number of amides is 1. The summed E-state index contributed by atoms with van der Waals surface area (Å²) in [6.07, 6.45) is 4.90. The number of hydrogen-bond acceptors (Lipinski definition) is 6. The van der Waals surface area contributed by atoms with Crippen LogP contribution in [0.1, 0.15) is 22.3 Å². The molecule has 1 saturated heterocycles. The lowest BCUT2D eigenvalue weighted by molar-refractivity contribution is 0.0786. The van der Waals surface area contributed by atoms with E-state index >= 15 is 0 Å². The van der Waals surface area contributed by atoms with Crippen LogP contribution in [0.2, 0.25) is 0 Å². The van der Waals surface area contributed by atoms with E-state index in [-0.39, 0.29) is 5.91 Å². The number of pyridine rings is 1. The van der Waals surface area contributed by atoms with Gasteiger partial charge < -0.3 is 24.6 Å². The number of hydrogen-bond donors (Lipinski definition) is 1. The summed E-state index contributed by atoms with van der Waals surface area (Å²) >= 11 is 0. The van der Waals surface area contributed by atoms with Crippen molar-refractivity contribution in [2.45, 2.75) is 6.42 Å². The highest BCUT2D eigenvalue weighted by molar-refractivity contribution is 5.98. The summed E-state index contributed by atoms with van der Waals surface area (Å²) in [6, 6.07) is 18.4. The molecule has 2 aromatic heterocycles. The van der Waals surface area contributed by atoms with Crippen molar-refractivity contribution in [1.29, 1.82) is 5.26 Å². The van der Waals surface area contributed by atoms with E-state index in [1.165, 1.54) is 0 Å². The fraction of sp³-hybridized carbons (Fsp3) is 0.344. The lowest BCUT2D eigenvalue weighted by atomic mass is 9.99. The molecule has 0 atom stereocenters. The number of aromatic amines is 1. The smallest absolute Gasteiger partial charge is 0.253 e. The average Bonchev–Trinajstić information content (AvgIpc) is 3.28. The Bertz CT molecular complexity index is 1530. The molecule has 0 unspecified atom stereocenters. The molecule has 40 heavy (non-hydrogen) atoms. The predicted molar refractivity (Wildman–Crippen MR) is 162 cm³/mol. The fourth-order valence-corrected chi connectivity index (χ4v) is 5.23. The van der Waals surface area contributed by atoms with Crippen LogP contribution in [0.15, 0.2) is 60.9 Å². The van der Waals surface area contributed by atoms with Crippen molar-refractivity contribution in [3.8, 4) is 28.3 Å². The molecule has 4 aromatic rings. The predicted octanol–water partition coefficient (Wildman–Crippen LogP) is 4.54. The Kier molecular flexibility index (Phi) is 8.15. The zero-order valence-electron chi connectivity index (χ0n) is 23.8. The first-order valence-electron chi connectivity index (χ1n) is 13.8. The zero-order valence-corrected chi connectivity index (χ0v) is 23.8. The normalized spacial score (nSPS) is 14.3. The second-order valence-electron chi connectivity index (χ2n) is 10.9. The second kappa shape index (κ2) is 11.9. The number of nitrogens with zero attached hydrogens (tertiary/aromatic N) is 6. The van der Waals surface area contributed by atoms with E-state index in [0.717, 1.165) is 78.1 Å².